The zero-order valence-corrected chi connectivity index (χ0v) is 12.7. The summed E-state index contributed by atoms with van der Waals surface area (Å²) in [5.74, 6) is 0.179. The molecule has 1 fully saturated rings. The highest BCUT2D eigenvalue weighted by molar-refractivity contribution is 6.30. The van der Waals surface area contributed by atoms with Crippen LogP contribution in [0, 0.1) is 17.2 Å². The highest BCUT2D eigenvalue weighted by Gasteiger charge is 2.41. The Bertz CT molecular complexity index is 458. The second-order valence-corrected chi connectivity index (χ2v) is 6.37. The molecule has 0 aromatic heterocycles. The first-order valence-corrected chi connectivity index (χ1v) is 7.74. The standard InChI is InChI=1S/C16H23ClFNO/c1-2-11-6-8-16(10-19,9-7-11)15(20)12-4-3-5-13(17)14(12)18/h3-5,11,15,20H,2,6-10,19H2,1H3. The predicted octanol–water partition coefficient (Wildman–Crippen LogP) is 4.06. The Morgan fingerprint density at radius 1 is 1.45 bits per heavy atom. The van der Waals surface area contributed by atoms with Crippen molar-refractivity contribution in [3.05, 3.63) is 34.6 Å². The zero-order chi connectivity index (χ0) is 14.8. The summed E-state index contributed by atoms with van der Waals surface area (Å²) in [6.07, 6.45) is 4.05. The lowest BCUT2D eigenvalue weighted by atomic mass is 9.65. The van der Waals surface area contributed by atoms with Crippen LogP contribution in [0.4, 0.5) is 4.39 Å². The number of nitrogens with two attached hydrogens (primary N) is 1. The van der Waals surface area contributed by atoms with Crippen molar-refractivity contribution >= 4 is 11.6 Å². The Morgan fingerprint density at radius 2 is 2.10 bits per heavy atom. The Hall–Kier alpha value is -0.640. The first kappa shape index (κ1) is 15.7. The molecule has 1 unspecified atom stereocenters. The number of aliphatic hydroxyl groups excluding tert-OH is 1. The maximum absolute atomic E-state index is 14.1. The lowest BCUT2D eigenvalue weighted by Gasteiger charge is -2.43. The smallest absolute Gasteiger partial charge is 0.147 e. The summed E-state index contributed by atoms with van der Waals surface area (Å²) in [6, 6.07) is 4.78. The number of halogens is 2. The van der Waals surface area contributed by atoms with Crippen LogP contribution in [0.3, 0.4) is 0 Å². The van der Waals surface area contributed by atoms with Crippen molar-refractivity contribution in [3.8, 4) is 0 Å². The van der Waals surface area contributed by atoms with E-state index in [-0.39, 0.29) is 10.6 Å². The molecule has 1 atom stereocenters. The minimum absolute atomic E-state index is 0.0518. The van der Waals surface area contributed by atoms with E-state index in [4.69, 9.17) is 17.3 Å². The first-order valence-electron chi connectivity index (χ1n) is 7.36. The second-order valence-electron chi connectivity index (χ2n) is 5.96. The van der Waals surface area contributed by atoms with Crippen molar-refractivity contribution in [2.24, 2.45) is 17.1 Å². The van der Waals surface area contributed by atoms with Crippen molar-refractivity contribution in [2.75, 3.05) is 6.54 Å². The molecule has 0 heterocycles. The van der Waals surface area contributed by atoms with Gasteiger partial charge in [0.1, 0.15) is 5.82 Å². The maximum atomic E-state index is 14.1. The monoisotopic (exact) mass is 299 g/mol. The van der Waals surface area contributed by atoms with Crippen LogP contribution in [0.1, 0.15) is 50.7 Å². The summed E-state index contributed by atoms with van der Waals surface area (Å²) >= 11 is 5.81. The Morgan fingerprint density at radius 3 is 2.65 bits per heavy atom. The van der Waals surface area contributed by atoms with Crippen LogP contribution >= 0.6 is 11.6 Å². The van der Waals surface area contributed by atoms with E-state index in [0.717, 1.165) is 32.1 Å². The molecule has 0 amide bonds. The summed E-state index contributed by atoms with van der Waals surface area (Å²) in [5.41, 5.74) is 5.79. The van der Waals surface area contributed by atoms with E-state index in [9.17, 15) is 9.50 Å². The molecule has 1 aromatic rings. The van der Waals surface area contributed by atoms with E-state index in [1.165, 1.54) is 6.07 Å². The molecular weight excluding hydrogens is 277 g/mol. The van der Waals surface area contributed by atoms with Crippen LogP contribution in [0.2, 0.25) is 5.02 Å². The third-order valence-corrected chi connectivity index (χ3v) is 5.23. The fourth-order valence-electron chi connectivity index (χ4n) is 3.31. The van der Waals surface area contributed by atoms with Crippen LogP contribution in [-0.4, -0.2) is 11.7 Å². The summed E-state index contributed by atoms with van der Waals surface area (Å²) in [4.78, 5) is 0. The average molecular weight is 300 g/mol. The normalized spacial score (nSPS) is 28.4. The molecule has 2 nitrogen and oxygen atoms in total. The van der Waals surface area contributed by atoms with Gasteiger partial charge in [-0.25, -0.2) is 4.39 Å². The predicted molar refractivity (Wildman–Crippen MR) is 80.1 cm³/mol. The van der Waals surface area contributed by atoms with Crippen molar-refractivity contribution in [1.82, 2.24) is 0 Å². The van der Waals surface area contributed by atoms with Crippen LogP contribution in [0.5, 0.6) is 0 Å². The average Bonchev–Trinajstić information content (AvgIpc) is 2.49. The molecule has 0 aliphatic heterocycles. The van der Waals surface area contributed by atoms with Gasteiger partial charge < -0.3 is 10.8 Å². The third kappa shape index (κ3) is 2.85. The van der Waals surface area contributed by atoms with Gasteiger partial charge in [0, 0.05) is 17.5 Å². The third-order valence-electron chi connectivity index (χ3n) is 4.94. The first-order chi connectivity index (χ1) is 9.54. The fraction of sp³-hybridized carbons (Fsp3) is 0.625. The van der Waals surface area contributed by atoms with Crippen molar-refractivity contribution in [3.63, 3.8) is 0 Å². The van der Waals surface area contributed by atoms with Gasteiger partial charge in [0.15, 0.2) is 0 Å². The number of benzene rings is 1. The molecule has 3 N–H and O–H groups in total. The van der Waals surface area contributed by atoms with Gasteiger partial charge in [0.05, 0.1) is 11.1 Å². The van der Waals surface area contributed by atoms with Gasteiger partial charge in [-0.2, -0.15) is 0 Å². The molecule has 1 aliphatic rings. The van der Waals surface area contributed by atoms with Gasteiger partial charge in [0.25, 0.3) is 0 Å². The maximum Gasteiger partial charge on any atom is 0.147 e. The van der Waals surface area contributed by atoms with Crippen molar-refractivity contribution < 1.29 is 9.50 Å². The zero-order valence-electron chi connectivity index (χ0n) is 11.9. The molecule has 1 aromatic carbocycles. The number of aliphatic hydroxyl groups is 1. The van der Waals surface area contributed by atoms with Crippen molar-refractivity contribution in [2.45, 2.75) is 45.1 Å². The molecule has 20 heavy (non-hydrogen) atoms. The van der Waals surface area contributed by atoms with E-state index in [1.54, 1.807) is 12.1 Å². The summed E-state index contributed by atoms with van der Waals surface area (Å²) in [6.45, 7) is 2.56. The van der Waals surface area contributed by atoms with E-state index < -0.39 is 17.3 Å². The van der Waals surface area contributed by atoms with E-state index in [1.807, 2.05) is 0 Å². The lowest BCUT2D eigenvalue weighted by Crippen LogP contribution is -2.40. The van der Waals surface area contributed by atoms with Crippen LogP contribution in [-0.2, 0) is 0 Å². The fourth-order valence-corrected chi connectivity index (χ4v) is 3.49. The number of hydrogen-bond donors (Lipinski definition) is 2. The molecule has 1 saturated carbocycles. The Kier molecular flexibility index (Phi) is 5.05. The van der Waals surface area contributed by atoms with E-state index >= 15 is 0 Å². The van der Waals surface area contributed by atoms with Crippen LogP contribution < -0.4 is 5.73 Å². The van der Waals surface area contributed by atoms with E-state index in [0.29, 0.717) is 12.5 Å². The molecule has 0 bridgehead atoms. The van der Waals surface area contributed by atoms with Crippen LogP contribution in [0.15, 0.2) is 18.2 Å². The van der Waals surface area contributed by atoms with Crippen molar-refractivity contribution in [1.29, 1.82) is 0 Å². The highest BCUT2D eigenvalue weighted by Crippen LogP contribution is 2.48. The van der Waals surface area contributed by atoms with Gasteiger partial charge in [-0.15, -0.1) is 0 Å². The number of rotatable bonds is 4. The van der Waals surface area contributed by atoms with Gasteiger partial charge in [0.2, 0.25) is 0 Å². The second kappa shape index (κ2) is 6.42. The number of hydrogen-bond acceptors (Lipinski definition) is 2. The molecule has 1 aliphatic carbocycles. The molecular formula is C16H23ClFNO. The van der Waals surface area contributed by atoms with Gasteiger partial charge >= 0.3 is 0 Å². The summed E-state index contributed by atoms with van der Waals surface area (Å²) in [5, 5.41) is 10.7. The molecule has 4 heteroatoms. The van der Waals surface area contributed by atoms with E-state index in [2.05, 4.69) is 6.92 Å². The summed E-state index contributed by atoms with van der Waals surface area (Å²) in [7, 11) is 0. The minimum atomic E-state index is -0.885. The Labute approximate surface area is 125 Å². The van der Waals surface area contributed by atoms with Gasteiger partial charge in [-0.05, 0) is 37.7 Å². The topological polar surface area (TPSA) is 46.2 Å². The van der Waals surface area contributed by atoms with Gasteiger partial charge in [-0.3, -0.25) is 0 Å². The molecule has 0 saturated heterocycles. The minimum Gasteiger partial charge on any atom is -0.388 e. The van der Waals surface area contributed by atoms with Gasteiger partial charge in [-0.1, -0.05) is 37.1 Å². The quantitative estimate of drug-likeness (QED) is 0.881. The summed E-state index contributed by atoms with van der Waals surface area (Å²) < 4.78 is 14.1. The molecule has 0 spiro atoms. The SMILES string of the molecule is CCC1CCC(CN)(C(O)c2cccc(Cl)c2F)CC1. The molecule has 0 radical (unpaired) electrons. The molecule has 112 valence electrons. The van der Waals surface area contributed by atoms with Crippen LogP contribution in [0.25, 0.3) is 0 Å². The Balaban J connectivity index is 2.25. The largest absolute Gasteiger partial charge is 0.388 e. The lowest BCUT2D eigenvalue weighted by molar-refractivity contribution is -0.0123. The highest BCUT2D eigenvalue weighted by atomic mass is 35.5. The molecule has 2 rings (SSSR count).